The molecule has 0 fully saturated rings. The molecule has 1 aromatic heterocycles. The molecule has 0 N–H and O–H groups in total. The summed E-state index contributed by atoms with van der Waals surface area (Å²) in [6, 6.07) is 30.2. The maximum Gasteiger partial charge on any atom is 0.0483 e. The molecule has 3 aromatic carbocycles. The molecule has 0 aliphatic rings. The molecule has 30 heavy (non-hydrogen) atoms. The molecule has 0 saturated heterocycles. The number of rotatable bonds is 8. The maximum atomic E-state index is 4.26. The Hall–Kier alpha value is -3.32. The maximum absolute atomic E-state index is 4.26. The van der Waals surface area contributed by atoms with E-state index in [-0.39, 0.29) is 17.8 Å². The molecule has 1 nitrogen and oxygen atoms in total. The number of hydrogen-bond donors (Lipinski definition) is 0. The number of hydrogen-bond acceptors (Lipinski definition) is 0. The first kappa shape index (κ1) is 20.0. The molecular formula is C29H29N. The van der Waals surface area contributed by atoms with Crippen molar-refractivity contribution in [1.29, 1.82) is 0 Å². The van der Waals surface area contributed by atoms with Crippen LogP contribution in [0.1, 0.15) is 41.4 Å². The lowest BCUT2D eigenvalue weighted by molar-refractivity contribution is 0.565. The Morgan fingerprint density at radius 2 is 1.23 bits per heavy atom. The summed E-state index contributed by atoms with van der Waals surface area (Å²) in [6.45, 7) is 11.7. The van der Waals surface area contributed by atoms with E-state index in [2.05, 4.69) is 128 Å². The fourth-order valence-corrected chi connectivity index (χ4v) is 4.74. The Labute approximate surface area is 180 Å². The highest BCUT2D eigenvalue weighted by Crippen LogP contribution is 2.47. The zero-order valence-corrected chi connectivity index (χ0v) is 17.6. The van der Waals surface area contributed by atoms with Crippen molar-refractivity contribution in [3.05, 3.63) is 133 Å². The number of para-hydroxylation sites is 1. The Kier molecular flexibility index (Phi) is 5.99. The average molecular weight is 392 g/mol. The summed E-state index contributed by atoms with van der Waals surface area (Å²) in [7, 11) is 0. The van der Waals surface area contributed by atoms with Gasteiger partial charge in [0, 0.05) is 41.4 Å². The second kappa shape index (κ2) is 9.00. The van der Waals surface area contributed by atoms with Crippen LogP contribution in [0.3, 0.4) is 0 Å². The molecule has 4 aromatic rings. The summed E-state index contributed by atoms with van der Waals surface area (Å²) in [5, 5.41) is 1.31. The van der Waals surface area contributed by atoms with Crippen LogP contribution in [-0.4, -0.2) is 4.57 Å². The van der Waals surface area contributed by atoms with Gasteiger partial charge in [0.25, 0.3) is 0 Å². The fraction of sp³-hybridized carbons (Fsp3) is 0.172. The molecule has 0 aliphatic carbocycles. The minimum Gasteiger partial charge on any atom is -0.347 e. The quantitative estimate of drug-likeness (QED) is 0.271. The van der Waals surface area contributed by atoms with Crippen molar-refractivity contribution in [2.75, 3.05) is 0 Å². The molecule has 2 atom stereocenters. The lowest BCUT2D eigenvalue weighted by Gasteiger charge is -2.31. The predicted molar refractivity (Wildman–Crippen MR) is 129 cm³/mol. The number of fused-ring (bicyclic) bond motifs is 1. The molecule has 0 aliphatic heterocycles. The van der Waals surface area contributed by atoms with Crippen LogP contribution >= 0.6 is 0 Å². The van der Waals surface area contributed by atoms with Crippen LogP contribution in [0, 0.1) is 0 Å². The molecule has 150 valence electrons. The summed E-state index contributed by atoms with van der Waals surface area (Å²) >= 11 is 0. The molecule has 0 spiro atoms. The number of allylic oxidation sites excluding steroid dienone is 2. The van der Waals surface area contributed by atoms with E-state index in [1.165, 1.54) is 27.6 Å². The number of aromatic nitrogens is 1. The zero-order valence-electron chi connectivity index (χ0n) is 17.6. The number of nitrogens with zero attached hydrogens (tertiary/aromatic N) is 1. The Bertz CT molecular complexity index is 1070. The molecule has 0 bridgehead atoms. The van der Waals surface area contributed by atoms with Crippen LogP contribution in [0.25, 0.3) is 10.9 Å². The van der Waals surface area contributed by atoms with Crippen LogP contribution < -0.4 is 0 Å². The summed E-state index contributed by atoms with van der Waals surface area (Å²) in [5.74, 6) is 0.540. The SMILES string of the molecule is C=CC(c1ccccc1)C(c1cn(CC)c2ccccc12)C(C=C)c1ccccc1. The molecule has 2 unspecified atom stereocenters. The smallest absolute Gasteiger partial charge is 0.0483 e. The van der Waals surface area contributed by atoms with Gasteiger partial charge in [-0.05, 0) is 29.7 Å². The van der Waals surface area contributed by atoms with Gasteiger partial charge in [-0.1, -0.05) is 91.0 Å². The van der Waals surface area contributed by atoms with Crippen LogP contribution in [0.15, 0.2) is 116 Å². The van der Waals surface area contributed by atoms with Gasteiger partial charge < -0.3 is 4.57 Å². The van der Waals surface area contributed by atoms with Gasteiger partial charge in [-0.15, -0.1) is 13.2 Å². The largest absolute Gasteiger partial charge is 0.347 e. The molecule has 4 rings (SSSR count). The van der Waals surface area contributed by atoms with Crippen LogP contribution in [0.5, 0.6) is 0 Å². The summed E-state index contributed by atoms with van der Waals surface area (Å²) in [4.78, 5) is 0. The van der Waals surface area contributed by atoms with E-state index in [1.807, 2.05) is 0 Å². The summed E-state index contributed by atoms with van der Waals surface area (Å²) < 4.78 is 2.36. The molecule has 0 saturated carbocycles. The summed E-state index contributed by atoms with van der Waals surface area (Å²) in [5.41, 5.74) is 5.21. The highest BCUT2D eigenvalue weighted by Gasteiger charge is 2.32. The van der Waals surface area contributed by atoms with Gasteiger partial charge in [-0.2, -0.15) is 0 Å². The van der Waals surface area contributed by atoms with E-state index < -0.39 is 0 Å². The van der Waals surface area contributed by atoms with Gasteiger partial charge in [0.2, 0.25) is 0 Å². The Morgan fingerprint density at radius 3 is 1.73 bits per heavy atom. The van der Waals surface area contributed by atoms with Gasteiger partial charge in [0.05, 0.1) is 0 Å². The topological polar surface area (TPSA) is 4.93 Å². The third-order valence-corrected chi connectivity index (χ3v) is 6.17. The van der Waals surface area contributed by atoms with Gasteiger partial charge in [-0.3, -0.25) is 0 Å². The van der Waals surface area contributed by atoms with E-state index in [4.69, 9.17) is 0 Å². The van der Waals surface area contributed by atoms with Crippen LogP contribution in [-0.2, 0) is 6.54 Å². The highest BCUT2D eigenvalue weighted by molar-refractivity contribution is 5.85. The van der Waals surface area contributed by atoms with Crippen molar-refractivity contribution in [3.8, 4) is 0 Å². The van der Waals surface area contributed by atoms with Crippen molar-refractivity contribution in [3.63, 3.8) is 0 Å². The molecule has 0 radical (unpaired) electrons. The normalized spacial score (nSPS) is 14.2. The monoisotopic (exact) mass is 391 g/mol. The zero-order chi connectivity index (χ0) is 20.9. The Morgan fingerprint density at radius 1 is 0.733 bits per heavy atom. The van der Waals surface area contributed by atoms with Crippen molar-refractivity contribution in [2.24, 2.45) is 0 Å². The van der Waals surface area contributed by atoms with Crippen molar-refractivity contribution in [2.45, 2.75) is 31.2 Å². The standard InChI is InChI=1S/C29H29N/c1-4-24(22-15-9-7-10-16-22)29(25(5-2)23-17-11-8-12-18-23)27-21-30(6-3)28-20-14-13-19-26(27)28/h4-5,7-21,24-25,29H,1-2,6H2,3H3. The van der Waals surface area contributed by atoms with Crippen LogP contribution in [0.4, 0.5) is 0 Å². The second-order valence-corrected chi connectivity index (χ2v) is 7.76. The molecule has 1 heterocycles. The Balaban J connectivity index is 1.97. The van der Waals surface area contributed by atoms with E-state index >= 15 is 0 Å². The van der Waals surface area contributed by atoms with E-state index in [0.717, 1.165) is 6.54 Å². The van der Waals surface area contributed by atoms with Crippen LogP contribution in [0.2, 0.25) is 0 Å². The first-order valence-electron chi connectivity index (χ1n) is 10.7. The lowest BCUT2D eigenvalue weighted by atomic mass is 9.71. The van der Waals surface area contributed by atoms with E-state index in [1.54, 1.807) is 0 Å². The average Bonchev–Trinajstić information content (AvgIpc) is 3.19. The fourth-order valence-electron chi connectivity index (χ4n) is 4.74. The van der Waals surface area contributed by atoms with Crippen molar-refractivity contribution in [1.82, 2.24) is 4.57 Å². The lowest BCUT2D eigenvalue weighted by Crippen LogP contribution is -2.17. The van der Waals surface area contributed by atoms with Gasteiger partial charge in [0.15, 0.2) is 0 Å². The van der Waals surface area contributed by atoms with Gasteiger partial charge in [0.1, 0.15) is 0 Å². The van der Waals surface area contributed by atoms with E-state index in [9.17, 15) is 0 Å². The summed E-state index contributed by atoms with van der Waals surface area (Å²) in [6.07, 6.45) is 6.56. The number of benzene rings is 3. The minimum absolute atomic E-state index is 0.172. The first-order valence-corrected chi connectivity index (χ1v) is 10.7. The first-order chi connectivity index (χ1) is 14.8. The third kappa shape index (κ3) is 3.64. The third-order valence-electron chi connectivity index (χ3n) is 6.17. The molecule has 1 heteroatoms. The van der Waals surface area contributed by atoms with Gasteiger partial charge >= 0.3 is 0 Å². The van der Waals surface area contributed by atoms with Crippen molar-refractivity contribution >= 4 is 10.9 Å². The van der Waals surface area contributed by atoms with Gasteiger partial charge in [-0.25, -0.2) is 0 Å². The minimum atomic E-state index is 0.172. The highest BCUT2D eigenvalue weighted by atomic mass is 14.9. The number of aryl methyl sites for hydroxylation is 1. The second-order valence-electron chi connectivity index (χ2n) is 7.76. The predicted octanol–water partition coefficient (Wildman–Crippen LogP) is 7.68. The molecular weight excluding hydrogens is 362 g/mol. The van der Waals surface area contributed by atoms with E-state index in [0.29, 0.717) is 0 Å². The van der Waals surface area contributed by atoms with Crippen molar-refractivity contribution < 1.29 is 0 Å². The molecule has 0 amide bonds.